The van der Waals surface area contributed by atoms with Crippen LogP contribution in [0.1, 0.15) is 23.6 Å². The lowest BCUT2D eigenvalue weighted by Crippen LogP contribution is -2.32. The number of para-hydroxylation sites is 2. The van der Waals surface area contributed by atoms with Crippen LogP contribution in [0.2, 0.25) is 0 Å². The van der Waals surface area contributed by atoms with Gasteiger partial charge in [-0.15, -0.1) is 0 Å². The van der Waals surface area contributed by atoms with E-state index in [4.69, 9.17) is 4.42 Å². The SMILES string of the molecule is CC12c3ccccc3-c3cccc(c31)N(c1ccc(-c3ccccc3)cc1)c1c2ccc2oc3ccc(-c4ccc5c(c4)c4ccccc4n5-c4ccccc4)cc3c12. The van der Waals surface area contributed by atoms with Gasteiger partial charge in [-0.1, -0.05) is 133 Å². The van der Waals surface area contributed by atoms with Crippen LogP contribution >= 0.6 is 0 Å². The van der Waals surface area contributed by atoms with Gasteiger partial charge in [0.2, 0.25) is 0 Å². The first-order valence-corrected chi connectivity index (χ1v) is 20.4. The molecule has 0 saturated carbocycles. The largest absolute Gasteiger partial charge is 0.456 e. The average molecular weight is 753 g/mol. The minimum atomic E-state index is -0.355. The molecule has 0 bridgehead atoms. The maximum Gasteiger partial charge on any atom is 0.137 e. The van der Waals surface area contributed by atoms with Gasteiger partial charge >= 0.3 is 0 Å². The molecule has 3 heterocycles. The van der Waals surface area contributed by atoms with Crippen molar-refractivity contribution in [1.82, 2.24) is 4.57 Å². The molecule has 1 unspecified atom stereocenters. The molecule has 3 nitrogen and oxygen atoms in total. The third kappa shape index (κ3) is 4.42. The Kier molecular flexibility index (Phi) is 6.58. The van der Waals surface area contributed by atoms with Crippen LogP contribution in [0.25, 0.3) is 82.8 Å². The Labute approximate surface area is 341 Å². The van der Waals surface area contributed by atoms with Crippen LogP contribution in [0.4, 0.5) is 17.1 Å². The third-order valence-corrected chi connectivity index (χ3v) is 13.2. The van der Waals surface area contributed by atoms with Crippen LogP contribution in [-0.2, 0) is 5.41 Å². The third-order valence-electron chi connectivity index (χ3n) is 13.2. The highest BCUT2D eigenvalue weighted by atomic mass is 16.3. The van der Waals surface area contributed by atoms with E-state index < -0.39 is 0 Å². The van der Waals surface area contributed by atoms with E-state index in [9.17, 15) is 0 Å². The topological polar surface area (TPSA) is 21.3 Å². The van der Waals surface area contributed by atoms with Gasteiger partial charge in [0.05, 0.1) is 27.8 Å². The van der Waals surface area contributed by atoms with Crippen LogP contribution in [0.5, 0.6) is 0 Å². The lowest BCUT2D eigenvalue weighted by Gasteiger charge is -2.42. The van der Waals surface area contributed by atoms with Crippen molar-refractivity contribution in [2.24, 2.45) is 0 Å². The first-order valence-electron chi connectivity index (χ1n) is 20.4. The lowest BCUT2D eigenvalue weighted by molar-refractivity contribution is 0.666. The number of aromatic nitrogens is 1. The molecule has 1 aliphatic heterocycles. The number of anilines is 3. The van der Waals surface area contributed by atoms with Crippen molar-refractivity contribution in [2.75, 3.05) is 4.90 Å². The van der Waals surface area contributed by atoms with Gasteiger partial charge in [0.1, 0.15) is 11.2 Å². The summed E-state index contributed by atoms with van der Waals surface area (Å²) < 4.78 is 9.17. The molecule has 2 aliphatic rings. The molecule has 3 heteroatoms. The average Bonchev–Trinajstić information content (AvgIpc) is 3.93. The molecule has 276 valence electrons. The monoisotopic (exact) mass is 752 g/mol. The molecule has 0 N–H and O–H groups in total. The molecular formula is C56H36N2O. The molecule has 0 saturated heterocycles. The summed E-state index contributed by atoms with van der Waals surface area (Å²) in [4.78, 5) is 2.50. The Morgan fingerprint density at radius 2 is 1.07 bits per heavy atom. The molecule has 11 aromatic rings. The van der Waals surface area contributed by atoms with E-state index in [2.05, 4.69) is 217 Å². The van der Waals surface area contributed by atoms with Gasteiger partial charge in [-0.05, 0) is 124 Å². The van der Waals surface area contributed by atoms with Crippen LogP contribution in [0.15, 0.2) is 205 Å². The summed E-state index contributed by atoms with van der Waals surface area (Å²) in [6, 6.07) is 73.1. The van der Waals surface area contributed by atoms with Crippen molar-refractivity contribution < 1.29 is 4.42 Å². The fourth-order valence-electron chi connectivity index (χ4n) is 10.5. The van der Waals surface area contributed by atoms with E-state index in [-0.39, 0.29) is 5.41 Å². The summed E-state index contributed by atoms with van der Waals surface area (Å²) in [5.41, 5.74) is 19.8. The molecule has 59 heavy (non-hydrogen) atoms. The predicted octanol–water partition coefficient (Wildman–Crippen LogP) is 15.1. The van der Waals surface area contributed by atoms with Crippen molar-refractivity contribution in [2.45, 2.75) is 12.3 Å². The zero-order valence-electron chi connectivity index (χ0n) is 32.4. The second-order valence-corrected chi connectivity index (χ2v) is 16.2. The van der Waals surface area contributed by atoms with E-state index in [0.717, 1.165) is 38.9 Å². The molecule has 1 aliphatic carbocycles. The maximum atomic E-state index is 6.79. The molecule has 9 aromatic carbocycles. The quantitative estimate of drug-likeness (QED) is 0.179. The van der Waals surface area contributed by atoms with Crippen molar-refractivity contribution in [3.63, 3.8) is 0 Å². The zero-order valence-corrected chi connectivity index (χ0v) is 32.4. The van der Waals surface area contributed by atoms with E-state index >= 15 is 0 Å². The fourth-order valence-corrected chi connectivity index (χ4v) is 10.5. The van der Waals surface area contributed by atoms with Crippen molar-refractivity contribution in [3.05, 3.63) is 217 Å². The minimum Gasteiger partial charge on any atom is -0.456 e. The molecule has 1 atom stereocenters. The zero-order chi connectivity index (χ0) is 38.8. The number of hydrogen-bond donors (Lipinski definition) is 0. The summed E-state index contributed by atoms with van der Waals surface area (Å²) in [7, 11) is 0. The fraction of sp³-hybridized carbons (Fsp3) is 0.0357. The van der Waals surface area contributed by atoms with Crippen molar-refractivity contribution >= 4 is 60.8 Å². The highest BCUT2D eigenvalue weighted by Crippen LogP contribution is 2.63. The Balaban J connectivity index is 1.06. The Morgan fingerprint density at radius 3 is 1.92 bits per heavy atom. The highest BCUT2D eigenvalue weighted by Gasteiger charge is 2.49. The summed E-state index contributed by atoms with van der Waals surface area (Å²) in [6.07, 6.45) is 0. The Morgan fingerprint density at radius 1 is 0.424 bits per heavy atom. The Bertz CT molecular complexity index is 3500. The van der Waals surface area contributed by atoms with Crippen LogP contribution in [0, 0.1) is 0 Å². The minimum absolute atomic E-state index is 0.355. The first kappa shape index (κ1) is 32.5. The van der Waals surface area contributed by atoms with Gasteiger partial charge in [0, 0.05) is 32.9 Å². The normalized spacial score (nSPS) is 15.2. The van der Waals surface area contributed by atoms with Crippen LogP contribution in [0.3, 0.4) is 0 Å². The summed E-state index contributed by atoms with van der Waals surface area (Å²) in [5.74, 6) is 0. The summed E-state index contributed by atoms with van der Waals surface area (Å²) >= 11 is 0. The summed E-state index contributed by atoms with van der Waals surface area (Å²) in [6.45, 7) is 2.43. The van der Waals surface area contributed by atoms with Gasteiger partial charge < -0.3 is 13.9 Å². The molecule has 0 amide bonds. The van der Waals surface area contributed by atoms with Crippen LogP contribution in [-0.4, -0.2) is 4.57 Å². The smallest absolute Gasteiger partial charge is 0.137 e. The second-order valence-electron chi connectivity index (χ2n) is 16.2. The molecule has 13 rings (SSSR count). The van der Waals surface area contributed by atoms with E-state index in [1.807, 2.05) is 0 Å². The lowest BCUT2D eigenvalue weighted by atomic mass is 9.70. The van der Waals surface area contributed by atoms with Crippen molar-refractivity contribution in [3.8, 4) is 39.1 Å². The Hall–Kier alpha value is -7.62. The maximum absolute atomic E-state index is 6.79. The standard InChI is InChI=1S/C56H36N2O/c1-56-46-20-10-8-17-41(46)43-19-12-22-50(54(43)56)58(40-27-23-36(24-28-40)35-13-4-2-5-14-35)55-47(56)29-32-52-53(55)45-34-38(26-31-51(45)59-52)37-25-30-49-44(33-37)42-18-9-11-21-48(42)57(49)39-15-6-3-7-16-39/h2-34H,1H3. The van der Waals surface area contributed by atoms with E-state index in [1.54, 1.807) is 0 Å². The van der Waals surface area contributed by atoms with Gasteiger partial charge in [-0.3, -0.25) is 0 Å². The highest BCUT2D eigenvalue weighted by molar-refractivity contribution is 6.17. The van der Waals surface area contributed by atoms with Crippen molar-refractivity contribution in [1.29, 1.82) is 0 Å². The molecular weight excluding hydrogens is 717 g/mol. The van der Waals surface area contributed by atoms with E-state index in [1.165, 1.54) is 77.7 Å². The number of rotatable bonds is 4. The molecule has 0 fully saturated rings. The number of hydrogen-bond acceptors (Lipinski definition) is 2. The van der Waals surface area contributed by atoms with Gasteiger partial charge in [0.15, 0.2) is 0 Å². The molecule has 2 aromatic heterocycles. The number of furan rings is 1. The molecule has 0 spiro atoms. The number of nitrogens with zero attached hydrogens (tertiary/aromatic N) is 2. The van der Waals surface area contributed by atoms with Gasteiger partial charge in [0.25, 0.3) is 0 Å². The van der Waals surface area contributed by atoms with Gasteiger partial charge in [-0.2, -0.15) is 0 Å². The molecule has 0 radical (unpaired) electrons. The number of benzene rings is 9. The van der Waals surface area contributed by atoms with E-state index in [0.29, 0.717) is 0 Å². The summed E-state index contributed by atoms with van der Waals surface area (Å²) in [5, 5.41) is 4.73. The predicted molar refractivity (Wildman–Crippen MR) is 245 cm³/mol. The number of fused-ring (bicyclic) bond motifs is 12. The van der Waals surface area contributed by atoms with Crippen LogP contribution < -0.4 is 4.90 Å². The van der Waals surface area contributed by atoms with Gasteiger partial charge in [-0.25, -0.2) is 0 Å². The first-order chi connectivity index (χ1) is 29.1. The second kappa shape index (κ2) is 12.0.